The molecular weight excluding hydrogens is 445 g/mol. The maximum Gasteiger partial charge on any atom is 0.248 e. The molecule has 0 aliphatic carbocycles. The number of halogens is 2. The molecule has 0 spiro atoms. The van der Waals surface area contributed by atoms with Gasteiger partial charge in [-0.1, -0.05) is 23.7 Å². The quantitative estimate of drug-likeness (QED) is 0.419. The third-order valence-electron chi connectivity index (χ3n) is 4.88. The molecule has 1 amide bonds. The second kappa shape index (κ2) is 9.62. The summed E-state index contributed by atoms with van der Waals surface area (Å²) in [6.07, 6.45) is 5.09. The Balaban J connectivity index is 1.67. The molecule has 4 aromatic rings. The van der Waals surface area contributed by atoms with Crippen LogP contribution in [0.3, 0.4) is 0 Å². The van der Waals surface area contributed by atoms with E-state index in [0.717, 1.165) is 16.8 Å². The number of aromatic amines is 1. The van der Waals surface area contributed by atoms with Crippen LogP contribution in [0.25, 0.3) is 11.4 Å². The van der Waals surface area contributed by atoms with E-state index in [-0.39, 0.29) is 18.0 Å². The molecule has 9 heteroatoms. The van der Waals surface area contributed by atoms with Gasteiger partial charge < -0.3 is 15.8 Å². The molecule has 0 unspecified atom stereocenters. The van der Waals surface area contributed by atoms with E-state index < -0.39 is 11.7 Å². The van der Waals surface area contributed by atoms with Crippen LogP contribution >= 0.6 is 11.6 Å². The van der Waals surface area contributed by atoms with Gasteiger partial charge in [0.25, 0.3) is 0 Å². The summed E-state index contributed by atoms with van der Waals surface area (Å²) in [6, 6.07) is 12.8. The second-order valence-electron chi connectivity index (χ2n) is 7.25. The number of primary amides is 1. The topological polar surface area (TPSA) is 104 Å². The van der Waals surface area contributed by atoms with Gasteiger partial charge in [-0.05, 0) is 42.8 Å². The van der Waals surface area contributed by atoms with Crippen molar-refractivity contribution in [2.45, 2.75) is 13.5 Å². The molecule has 0 radical (unpaired) electrons. The fourth-order valence-electron chi connectivity index (χ4n) is 3.07. The van der Waals surface area contributed by atoms with Crippen LogP contribution in [0.15, 0.2) is 67.1 Å². The number of H-pyrrole nitrogens is 1. The first-order valence-electron chi connectivity index (χ1n) is 9.98. The van der Waals surface area contributed by atoms with Crippen LogP contribution in [0.4, 0.5) is 15.9 Å². The van der Waals surface area contributed by atoms with Crippen LogP contribution in [-0.4, -0.2) is 15.9 Å². The molecule has 0 fully saturated rings. The number of nitrogens with zero attached hydrogens (tertiary/aromatic N) is 2. The van der Waals surface area contributed by atoms with E-state index in [1.54, 1.807) is 30.5 Å². The van der Waals surface area contributed by atoms with Crippen molar-refractivity contribution < 1.29 is 18.9 Å². The molecule has 0 aliphatic heterocycles. The summed E-state index contributed by atoms with van der Waals surface area (Å²) in [5.41, 5.74) is 8.43. The number of nitrogens with two attached hydrogens (primary N) is 1. The molecule has 2 heterocycles. The van der Waals surface area contributed by atoms with Gasteiger partial charge >= 0.3 is 0 Å². The summed E-state index contributed by atoms with van der Waals surface area (Å²) in [4.78, 5) is 23.1. The lowest BCUT2D eigenvalue weighted by Gasteiger charge is -2.14. The summed E-state index contributed by atoms with van der Waals surface area (Å²) in [7, 11) is 0. The number of anilines is 2. The van der Waals surface area contributed by atoms with E-state index >= 15 is 0 Å². The number of nitrogens with one attached hydrogen (secondary N) is 2. The van der Waals surface area contributed by atoms with Crippen LogP contribution in [0.5, 0.6) is 5.75 Å². The summed E-state index contributed by atoms with van der Waals surface area (Å²) < 4.78 is 20.4. The number of hydrogen-bond donors (Lipinski definition) is 2. The molecule has 2 aromatic carbocycles. The number of pyridine rings is 1. The standard InChI is InChI=1S/C24H19ClFN5O2/c1-14-11-28-9-8-20(14)30-24-21(33-13-15-2-4-16(5-3-15)22(27)32)12-29-23(31-24)18-10-17(25)6-7-19(18)26/h2-12H,13H2,1H3,(H2,27,32)(H,28,29,30,31)/p+1. The number of carbonyl (C=O) groups is 1. The fourth-order valence-corrected chi connectivity index (χ4v) is 3.24. The van der Waals surface area contributed by atoms with Crippen molar-refractivity contribution in [3.05, 3.63) is 94.7 Å². The molecule has 2 aromatic heterocycles. The van der Waals surface area contributed by atoms with Crippen molar-refractivity contribution in [3.8, 4) is 17.1 Å². The van der Waals surface area contributed by atoms with Crippen molar-refractivity contribution in [2.24, 2.45) is 5.73 Å². The predicted molar refractivity (Wildman–Crippen MR) is 123 cm³/mol. The van der Waals surface area contributed by atoms with Crippen LogP contribution in [0.2, 0.25) is 5.02 Å². The molecule has 0 aliphatic rings. The van der Waals surface area contributed by atoms with Crippen molar-refractivity contribution >= 4 is 29.0 Å². The van der Waals surface area contributed by atoms with Crippen molar-refractivity contribution in [2.75, 3.05) is 5.32 Å². The van der Waals surface area contributed by atoms with Crippen molar-refractivity contribution in [3.63, 3.8) is 0 Å². The largest absolute Gasteiger partial charge is 0.483 e. The zero-order valence-corrected chi connectivity index (χ0v) is 18.4. The van der Waals surface area contributed by atoms with E-state index in [0.29, 0.717) is 22.2 Å². The Kier molecular flexibility index (Phi) is 6.46. The summed E-state index contributed by atoms with van der Waals surface area (Å²) >= 11 is 6.04. The van der Waals surface area contributed by atoms with Gasteiger partial charge in [-0.15, -0.1) is 0 Å². The van der Waals surface area contributed by atoms with Crippen LogP contribution in [0, 0.1) is 12.7 Å². The zero-order valence-electron chi connectivity index (χ0n) is 17.6. The number of ether oxygens (including phenoxy) is 1. The first kappa shape index (κ1) is 22.2. The van der Waals surface area contributed by atoms with Crippen molar-refractivity contribution in [1.29, 1.82) is 0 Å². The van der Waals surface area contributed by atoms with Gasteiger partial charge in [-0.3, -0.25) is 4.79 Å². The second-order valence-corrected chi connectivity index (χ2v) is 7.68. The Bertz CT molecular complexity index is 1310. The summed E-state index contributed by atoms with van der Waals surface area (Å²) in [5.74, 6) is -0.0913. The molecule has 0 bridgehead atoms. The lowest BCUT2D eigenvalue weighted by molar-refractivity contribution is -0.378. The van der Waals surface area contributed by atoms with Crippen molar-refractivity contribution in [1.82, 2.24) is 9.97 Å². The normalized spacial score (nSPS) is 10.6. The Morgan fingerprint density at radius 1 is 1.21 bits per heavy atom. The minimum Gasteiger partial charge on any atom is -0.483 e. The van der Waals surface area contributed by atoms with Gasteiger partial charge in [-0.2, -0.15) is 0 Å². The molecule has 4 N–H and O–H groups in total. The fraction of sp³-hybridized carbons (Fsp3) is 0.0833. The smallest absolute Gasteiger partial charge is 0.248 e. The minimum absolute atomic E-state index is 0.163. The maximum absolute atomic E-state index is 14.4. The van der Waals surface area contributed by atoms with E-state index in [1.807, 2.05) is 19.2 Å². The Labute approximate surface area is 194 Å². The van der Waals surface area contributed by atoms with Gasteiger partial charge in [0.15, 0.2) is 29.8 Å². The molecule has 33 heavy (non-hydrogen) atoms. The SMILES string of the molecule is Cc1c[nH+]ccc1Nc1nc(-c2cc(Cl)ccc2F)ncc1OCc1ccc(C(N)=O)cc1. The number of carbonyl (C=O) groups excluding carboxylic acids is 1. The molecule has 0 atom stereocenters. The van der Waals surface area contributed by atoms with Gasteiger partial charge in [0.2, 0.25) is 5.91 Å². The highest BCUT2D eigenvalue weighted by Gasteiger charge is 2.15. The van der Waals surface area contributed by atoms with Gasteiger partial charge in [0.05, 0.1) is 17.4 Å². The Hall–Kier alpha value is -4.04. The number of hydrogen-bond acceptors (Lipinski definition) is 5. The third-order valence-corrected chi connectivity index (χ3v) is 5.12. The highest BCUT2D eigenvalue weighted by Crippen LogP contribution is 2.31. The average molecular weight is 465 g/mol. The molecule has 0 saturated carbocycles. The van der Waals surface area contributed by atoms with E-state index in [4.69, 9.17) is 22.1 Å². The van der Waals surface area contributed by atoms with Crippen LogP contribution < -0.4 is 20.8 Å². The molecule has 0 saturated heterocycles. The Morgan fingerprint density at radius 3 is 2.73 bits per heavy atom. The van der Waals surface area contributed by atoms with Gasteiger partial charge in [0.1, 0.15) is 12.4 Å². The third kappa shape index (κ3) is 5.24. The monoisotopic (exact) mass is 464 g/mol. The number of aromatic nitrogens is 3. The molecule has 166 valence electrons. The molecular formula is C24H20ClFN5O2+. The highest BCUT2D eigenvalue weighted by molar-refractivity contribution is 6.30. The number of aryl methyl sites for hydroxylation is 1. The summed E-state index contributed by atoms with van der Waals surface area (Å²) in [6.45, 7) is 2.13. The average Bonchev–Trinajstić information content (AvgIpc) is 2.81. The lowest BCUT2D eigenvalue weighted by atomic mass is 10.1. The number of benzene rings is 2. The van der Waals surface area contributed by atoms with Gasteiger partial charge in [-0.25, -0.2) is 19.3 Å². The molecule has 7 nitrogen and oxygen atoms in total. The predicted octanol–water partition coefficient (Wildman–Crippen LogP) is 4.48. The van der Waals surface area contributed by atoms with E-state index in [2.05, 4.69) is 20.3 Å². The van der Waals surface area contributed by atoms with Crippen LogP contribution in [-0.2, 0) is 6.61 Å². The number of amides is 1. The van der Waals surface area contributed by atoms with E-state index in [9.17, 15) is 9.18 Å². The van der Waals surface area contributed by atoms with E-state index in [1.165, 1.54) is 24.4 Å². The highest BCUT2D eigenvalue weighted by atomic mass is 35.5. The Morgan fingerprint density at radius 2 is 2.00 bits per heavy atom. The van der Waals surface area contributed by atoms with Crippen LogP contribution in [0.1, 0.15) is 21.5 Å². The molecule has 4 rings (SSSR count). The first-order valence-corrected chi connectivity index (χ1v) is 10.4. The summed E-state index contributed by atoms with van der Waals surface area (Å²) in [5, 5.41) is 3.61. The lowest BCUT2D eigenvalue weighted by Crippen LogP contribution is -2.10. The maximum atomic E-state index is 14.4. The number of rotatable bonds is 7. The first-order chi connectivity index (χ1) is 15.9. The minimum atomic E-state index is -0.498. The zero-order chi connectivity index (χ0) is 23.4. The van der Waals surface area contributed by atoms with Gasteiger partial charge in [0, 0.05) is 22.2 Å².